The zero-order chi connectivity index (χ0) is 18.5. The molecule has 0 bridgehead atoms. The van der Waals surface area contributed by atoms with E-state index in [0.717, 1.165) is 29.7 Å². The van der Waals surface area contributed by atoms with Crippen molar-refractivity contribution in [1.29, 1.82) is 0 Å². The molecule has 1 aromatic heterocycles. The van der Waals surface area contributed by atoms with Crippen LogP contribution in [0.2, 0.25) is 0 Å². The van der Waals surface area contributed by atoms with Crippen LogP contribution in [0.25, 0.3) is 0 Å². The van der Waals surface area contributed by atoms with Crippen molar-refractivity contribution >= 4 is 21.8 Å². The smallest absolute Gasteiger partial charge is 0.253 e. The number of hydrogen-bond acceptors (Lipinski definition) is 4. The van der Waals surface area contributed by atoms with Gasteiger partial charge in [0.1, 0.15) is 0 Å². The van der Waals surface area contributed by atoms with Crippen LogP contribution >= 0.6 is 15.9 Å². The van der Waals surface area contributed by atoms with Gasteiger partial charge in [-0.2, -0.15) is 0 Å². The van der Waals surface area contributed by atoms with Crippen LogP contribution in [0.1, 0.15) is 35.3 Å². The monoisotopic (exact) mass is 417 g/mol. The fourth-order valence-electron chi connectivity index (χ4n) is 3.25. The van der Waals surface area contributed by atoms with E-state index in [9.17, 15) is 4.79 Å². The molecule has 1 aromatic carbocycles. The molecule has 138 valence electrons. The standard InChI is InChI=1S/C20H24BrN3O2/c1-14-11-24(12-15(2)26-14)13-17-5-3-16(4-6-17)8-23-20(25)18-7-19(21)10-22-9-18/h3-7,9-10,14-15H,8,11-13H2,1-2H3,(H,23,25). The number of aromatic nitrogens is 1. The fraction of sp³-hybridized carbons (Fsp3) is 0.400. The summed E-state index contributed by atoms with van der Waals surface area (Å²) in [5, 5.41) is 2.93. The Morgan fingerprint density at radius 1 is 1.19 bits per heavy atom. The number of pyridine rings is 1. The number of carbonyl (C=O) groups excluding carboxylic acids is 1. The van der Waals surface area contributed by atoms with Crippen LogP contribution in [0.4, 0.5) is 0 Å². The lowest BCUT2D eigenvalue weighted by atomic mass is 10.1. The van der Waals surface area contributed by atoms with E-state index >= 15 is 0 Å². The van der Waals surface area contributed by atoms with Gasteiger partial charge in [-0.3, -0.25) is 14.7 Å². The van der Waals surface area contributed by atoms with Crippen LogP contribution < -0.4 is 5.32 Å². The second-order valence-electron chi connectivity index (χ2n) is 6.84. The van der Waals surface area contributed by atoms with Crippen molar-refractivity contribution in [1.82, 2.24) is 15.2 Å². The van der Waals surface area contributed by atoms with E-state index in [4.69, 9.17) is 4.74 Å². The highest BCUT2D eigenvalue weighted by Crippen LogP contribution is 2.15. The highest BCUT2D eigenvalue weighted by Gasteiger charge is 2.21. The first-order valence-corrected chi connectivity index (χ1v) is 9.63. The molecule has 1 N–H and O–H groups in total. The Bertz CT molecular complexity index is 741. The zero-order valence-electron chi connectivity index (χ0n) is 15.1. The Balaban J connectivity index is 1.52. The summed E-state index contributed by atoms with van der Waals surface area (Å²) in [6.07, 6.45) is 3.78. The van der Waals surface area contributed by atoms with Crippen molar-refractivity contribution in [2.24, 2.45) is 0 Å². The average Bonchev–Trinajstić information content (AvgIpc) is 2.60. The lowest BCUT2D eigenvalue weighted by molar-refractivity contribution is -0.0704. The van der Waals surface area contributed by atoms with Gasteiger partial charge in [0.2, 0.25) is 0 Å². The number of nitrogens with one attached hydrogen (secondary N) is 1. The Labute approximate surface area is 162 Å². The molecule has 2 aromatic rings. The molecule has 26 heavy (non-hydrogen) atoms. The lowest BCUT2D eigenvalue weighted by Gasteiger charge is -2.35. The first kappa shape index (κ1) is 19.0. The molecule has 0 spiro atoms. The van der Waals surface area contributed by atoms with E-state index in [1.54, 1.807) is 18.5 Å². The minimum Gasteiger partial charge on any atom is -0.373 e. The van der Waals surface area contributed by atoms with E-state index in [2.05, 4.69) is 69.2 Å². The maximum atomic E-state index is 12.2. The van der Waals surface area contributed by atoms with Crippen molar-refractivity contribution in [2.45, 2.75) is 39.1 Å². The SMILES string of the molecule is CC1CN(Cc2ccc(CNC(=O)c3cncc(Br)c3)cc2)CC(C)O1. The molecule has 0 radical (unpaired) electrons. The number of benzene rings is 1. The molecule has 2 unspecified atom stereocenters. The number of morpholine rings is 1. The predicted molar refractivity (Wildman–Crippen MR) is 105 cm³/mol. The van der Waals surface area contributed by atoms with Gasteiger partial charge >= 0.3 is 0 Å². The zero-order valence-corrected chi connectivity index (χ0v) is 16.7. The number of hydrogen-bond donors (Lipinski definition) is 1. The normalized spacial score (nSPS) is 20.7. The number of amides is 1. The maximum absolute atomic E-state index is 12.2. The van der Waals surface area contributed by atoms with E-state index in [1.165, 1.54) is 5.56 Å². The van der Waals surface area contributed by atoms with Gasteiger partial charge < -0.3 is 10.1 Å². The third-order valence-corrected chi connectivity index (χ3v) is 4.78. The Kier molecular flexibility index (Phi) is 6.40. The molecular formula is C20H24BrN3O2. The van der Waals surface area contributed by atoms with Crippen LogP contribution in [0, 0.1) is 0 Å². The highest BCUT2D eigenvalue weighted by molar-refractivity contribution is 9.10. The first-order chi connectivity index (χ1) is 12.5. The number of carbonyl (C=O) groups is 1. The van der Waals surface area contributed by atoms with E-state index in [0.29, 0.717) is 12.1 Å². The lowest BCUT2D eigenvalue weighted by Crippen LogP contribution is -2.44. The van der Waals surface area contributed by atoms with Crippen LogP contribution in [-0.4, -0.2) is 41.1 Å². The molecule has 2 atom stereocenters. The largest absolute Gasteiger partial charge is 0.373 e. The van der Waals surface area contributed by atoms with Crippen molar-refractivity contribution in [2.75, 3.05) is 13.1 Å². The second kappa shape index (κ2) is 8.75. The summed E-state index contributed by atoms with van der Waals surface area (Å²) in [5.41, 5.74) is 2.90. The van der Waals surface area contributed by atoms with Crippen molar-refractivity contribution in [3.8, 4) is 0 Å². The van der Waals surface area contributed by atoms with Crippen LogP contribution in [0.3, 0.4) is 0 Å². The van der Waals surface area contributed by atoms with Crippen molar-refractivity contribution in [3.63, 3.8) is 0 Å². The van der Waals surface area contributed by atoms with Crippen molar-refractivity contribution in [3.05, 3.63) is 63.9 Å². The summed E-state index contributed by atoms with van der Waals surface area (Å²) < 4.78 is 6.57. The number of rotatable bonds is 5. The highest BCUT2D eigenvalue weighted by atomic mass is 79.9. The molecule has 5 nitrogen and oxygen atoms in total. The van der Waals surface area contributed by atoms with Gasteiger partial charge in [-0.05, 0) is 47.0 Å². The molecule has 2 heterocycles. The van der Waals surface area contributed by atoms with E-state index < -0.39 is 0 Å². The molecule has 0 saturated carbocycles. The number of nitrogens with zero attached hydrogens (tertiary/aromatic N) is 2. The molecule has 1 aliphatic heterocycles. The fourth-order valence-corrected chi connectivity index (χ4v) is 3.62. The molecule has 1 aliphatic rings. The van der Waals surface area contributed by atoms with Gasteiger partial charge in [-0.25, -0.2) is 0 Å². The third kappa shape index (κ3) is 5.37. The Morgan fingerprint density at radius 3 is 2.50 bits per heavy atom. The summed E-state index contributed by atoms with van der Waals surface area (Å²) in [6, 6.07) is 10.2. The van der Waals surface area contributed by atoms with Gasteiger partial charge in [-0.15, -0.1) is 0 Å². The summed E-state index contributed by atoms with van der Waals surface area (Å²) in [5.74, 6) is -0.126. The van der Waals surface area contributed by atoms with Gasteiger partial charge in [0.15, 0.2) is 0 Å². The van der Waals surface area contributed by atoms with E-state index in [-0.39, 0.29) is 18.1 Å². The van der Waals surface area contributed by atoms with Crippen LogP contribution in [0.5, 0.6) is 0 Å². The molecule has 0 aliphatic carbocycles. The molecule has 1 saturated heterocycles. The first-order valence-electron chi connectivity index (χ1n) is 8.84. The second-order valence-corrected chi connectivity index (χ2v) is 7.76. The minimum absolute atomic E-state index is 0.126. The average molecular weight is 418 g/mol. The third-order valence-electron chi connectivity index (χ3n) is 4.34. The van der Waals surface area contributed by atoms with Crippen molar-refractivity contribution < 1.29 is 9.53 Å². The molecule has 1 fully saturated rings. The number of ether oxygens (including phenoxy) is 1. The summed E-state index contributed by atoms with van der Waals surface area (Å²) in [6.45, 7) is 7.59. The summed E-state index contributed by atoms with van der Waals surface area (Å²) in [4.78, 5) is 18.6. The molecule has 6 heteroatoms. The summed E-state index contributed by atoms with van der Waals surface area (Å²) in [7, 11) is 0. The van der Waals surface area contributed by atoms with Gasteiger partial charge in [0, 0.05) is 43.0 Å². The molecule has 3 rings (SSSR count). The topological polar surface area (TPSA) is 54.5 Å². The van der Waals surface area contributed by atoms with Crippen LogP contribution in [0.15, 0.2) is 47.2 Å². The predicted octanol–water partition coefficient (Wildman–Crippen LogP) is 3.38. The molecular weight excluding hydrogens is 394 g/mol. The Hall–Kier alpha value is -1.76. The summed E-state index contributed by atoms with van der Waals surface area (Å²) >= 11 is 3.33. The Morgan fingerprint density at radius 2 is 1.85 bits per heavy atom. The van der Waals surface area contributed by atoms with Gasteiger partial charge in [-0.1, -0.05) is 24.3 Å². The number of halogens is 1. The minimum atomic E-state index is -0.126. The van der Waals surface area contributed by atoms with Gasteiger partial charge in [0.05, 0.1) is 17.8 Å². The maximum Gasteiger partial charge on any atom is 0.253 e. The quantitative estimate of drug-likeness (QED) is 0.809. The van der Waals surface area contributed by atoms with E-state index in [1.807, 2.05) is 0 Å². The van der Waals surface area contributed by atoms with Gasteiger partial charge in [0.25, 0.3) is 5.91 Å². The van der Waals surface area contributed by atoms with Crippen LogP contribution in [-0.2, 0) is 17.8 Å². The molecule has 1 amide bonds.